The van der Waals surface area contributed by atoms with Crippen molar-refractivity contribution in [1.82, 2.24) is 4.57 Å². The van der Waals surface area contributed by atoms with Crippen LogP contribution in [0.1, 0.15) is 25.0 Å². The summed E-state index contributed by atoms with van der Waals surface area (Å²) >= 11 is 0. The average Bonchev–Trinajstić information content (AvgIpc) is 2.53. The molecule has 1 aliphatic rings. The summed E-state index contributed by atoms with van der Waals surface area (Å²) in [6.45, 7) is 3.59. The number of rotatable bonds is 1. The Labute approximate surface area is 72.8 Å². The van der Waals surface area contributed by atoms with Gasteiger partial charge in [0.1, 0.15) is 0 Å². The molecule has 1 N–H and O–H groups in total. The first-order valence-corrected chi connectivity index (χ1v) is 4.59. The number of aryl methyl sites for hydroxylation is 1. The van der Waals surface area contributed by atoms with Crippen LogP contribution in [0.25, 0.3) is 0 Å². The zero-order valence-corrected chi connectivity index (χ0v) is 7.40. The van der Waals surface area contributed by atoms with Crippen LogP contribution < -0.4 is 0 Å². The minimum Gasteiger partial charge on any atom is -0.396 e. The third kappa shape index (κ3) is 1.07. The minimum absolute atomic E-state index is 0.326. The molecule has 2 atom stereocenters. The number of hydrogen-bond acceptors (Lipinski definition) is 1. The number of aliphatic hydroxyl groups is 1. The molecule has 0 aromatic carbocycles. The van der Waals surface area contributed by atoms with Crippen molar-refractivity contribution in [2.45, 2.75) is 25.8 Å². The highest BCUT2D eigenvalue weighted by atomic mass is 16.3. The summed E-state index contributed by atoms with van der Waals surface area (Å²) in [4.78, 5) is 0. The molecule has 0 bridgehead atoms. The molecule has 2 nitrogen and oxygen atoms in total. The quantitative estimate of drug-likeness (QED) is 0.672. The van der Waals surface area contributed by atoms with Crippen molar-refractivity contribution in [1.29, 1.82) is 0 Å². The molecule has 12 heavy (non-hydrogen) atoms. The largest absolute Gasteiger partial charge is 0.396 e. The predicted molar refractivity (Wildman–Crippen MR) is 48.0 cm³/mol. The SMILES string of the molecule is C[C@H]1c2cccn2CC[C@@H]1CO. The highest BCUT2D eigenvalue weighted by molar-refractivity contribution is 5.15. The lowest BCUT2D eigenvalue weighted by molar-refractivity contribution is 0.179. The van der Waals surface area contributed by atoms with Crippen LogP contribution >= 0.6 is 0 Å². The minimum atomic E-state index is 0.326. The van der Waals surface area contributed by atoms with E-state index < -0.39 is 0 Å². The fourth-order valence-corrected chi connectivity index (χ4v) is 2.09. The number of nitrogens with zero attached hydrogens (tertiary/aromatic N) is 1. The summed E-state index contributed by atoms with van der Waals surface area (Å²) in [6.07, 6.45) is 3.23. The molecule has 0 amide bonds. The van der Waals surface area contributed by atoms with Crippen LogP contribution in [0, 0.1) is 5.92 Å². The van der Waals surface area contributed by atoms with E-state index >= 15 is 0 Å². The van der Waals surface area contributed by atoms with E-state index in [2.05, 4.69) is 29.8 Å². The van der Waals surface area contributed by atoms with Crippen molar-refractivity contribution in [3.8, 4) is 0 Å². The lowest BCUT2D eigenvalue weighted by Crippen LogP contribution is -2.24. The van der Waals surface area contributed by atoms with Crippen molar-refractivity contribution in [2.24, 2.45) is 5.92 Å². The molecule has 0 radical (unpaired) electrons. The van der Waals surface area contributed by atoms with Crippen molar-refractivity contribution < 1.29 is 5.11 Å². The van der Waals surface area contributed by atoms with E-state index in [0.717, 1.165) is 13.0 Å². The molecule has 0 saturated carbocycles. The van der Waals surface area contributed by atoms with Gasteiger partial charge in [0, 0.05) is 31.0 Å². The number of aliphatic hydroxyl groups excluding tert-OH is 1. The van der Waals surface area contributed by atoms with Gasteiger partial charge in [0.15, 0.2) is 0 Å². The molecule has 2 heteroatoms. The van der Waals surface area contributed by atoms with Gasteiger partial charge in [-0.2, -0.15) is 0 Å². The Bertz CT molecular complexity index is 267. The Balaban J connectivity index is 2.29. The second-order valence-electron chi connectivity index (χ2n) is 3.65. The van der Waals surface area contributed by atoms with Crippen LogP contribution in [-0.2, 0) is 6.54 Å². The fraction of sp³-hybridized carbons (Fsp3) is 0.600. The summed E-state index contributed by atoms with van der Waals surface area (Å²) in [6, 6.07) is 4.25. The normalized spacial score (nSPS) is 28.5. The van der Waals surface area contributed by atoms with Gasteiger partial charge in [-0.1, -0.05) is 6.92 Å². The van der Waals surface area contributed by atoms with Crippen molar-refractivity contribution in [3.63, 3.8) is 0 Å². The molecule has 2 rings (SSSR count). The zero-order chi connectivity index (χ0) is 8.55. The van der Waals surface area contributed by atoms with Crippen molar-refractivity contribution >= 4 is 0 Å². The Morgan fingerprint density at radius 2 is 2.50 bits per heavy atom. The summed E-state index contributed by atoms with van der Waals surface area (Å²) in [5.41, 5.74) is 1.38. The van der Waals surface area contributed by atoms with Crippen LogP contribution in [0.2, 0.25) is 0 Å². The van der Waals surface area contributed by atoms with Crippen molar-refractivity contribution in [2.75, 3.05) is 6.61 Å². The van der Waals surface area contributed by atoms with Gasteiger partial charge >= 0.3 is 0 Å². The maximum absolute atomic E-state index is 9.12. The number of hydrogen-bond donors (Lipinski definition) is 1. The highest BCUT2D eigenvalue weighted by Crippen LogP contribution is 2.31. The topological polar surface area (TPSA) is 25.2 Å². The van der Waals surface area contributed by atoms with Gasteiger partial charge < -0.3 is 9.67 Å². The predicted octanol–water partition coefficient (Wildman–Crippen LogP) is 1.60. The molecule has 0 aliphatic carbocycles. The Morgan fingerprint density at radius 3 is 3.25 bits per heavy atom. The molecule has 1 aliphatic heterocycles. The standard InChI is InChI=1S/C10H15NO/c1-8-9(7-12)4-6-11-5-2-3-10(8)11/h2-3,5,8-9,12H,4,6-7H2,1H3/t8-,9-/m1/s1. The molecule has 1 aromatic heterocycles. The second-order valence-corrected chi connectivity index (χ2v) is 3.65. The summed E-state index contributed by atoms with van der Waals surface area (Å²) in [5, 5.41) is 9.12. The molecular formula is C10H15NO. The lowest BCUT2D eigenvalue weighted by Gasteiger charge is -2.29. The first-order chi connectivity index (χ1) is 5.83. The monoisotopic (exact) mass is 165 g/mol. The van der Waals surface area contributed by atoms with Crippen LogP contribution in [0.4, 0.5) is 0 Å². The van der Waals surface area contributed by atoms with E-state index in [0.29, 0.717) is 18.4 Å². The fourth-order valence-electron chi connectivity index (χ4n) is 2.09. The Kier molecular flexibility index (Phi) is 1.93. The smallest absolute Gasteiger partial charge is 0.0466 e. The molecule has 0 fully saturated rings. The maximum atomic E-state index is 9.12. The average molecular weight is 165 g/mol. The van der Waals surface area contributed by atoms with Gasteiger partial charge in [-0.05, 0) is 24.5 Å². The first-order valence-electron chi connectivity index (χ1n) is 4.59. The van der Waals surface area contributed by atoms with Gasteiger partial charge in [0.2, 0.25) is 0 Å². The number of fused-ring (bicyclic) bond motifs is 1. The van der Waals surface area contributed by atoms with E-state index in [4.69, 9.17) is 5.11 Å². The molecular weight excluding hydrogens is 150 g/mol. The number of aromatic nitrogens is 1. The van der Waals surface area contributed by atoms with E-state index in [9.17, 15) is 0 Å². The highest BCUT2D eigenvalue weighted by Gasteiger charge is 2.24. The van der Waals surface area contributed by atoms with Crippen LogP contribution in [0.15, 0.2) is 18.3 Å². The van der Waals surface area contributed by atoms with E-state index in [1.54, 1.807) is 0 Å². The summed E-state index contributed by atoms with van der Waals surface area (Å²) < 4.78 is 2.29. The Hall–Kier alpha value is -0.760. The molecule has 66 valence electrons. The van der Waals surface area contributed by atoms with Gasteiger partial charge in [0.25, 0.3) is 0 Å². The van der Waals surface area contributed by atoms with Gasteiger partial charge in [-0.25, -0.2) is 0 Å². The zero-order valence-electron chi connectivity index (χ0n) is 7.40. The van der Waals surface area contributed by atoms with E-state index in [1.807, 2.05) is 0 Å². The van der Waals surface area contributed by atoms with Crippen LogP contribution in [0.5, 0.6) is 0 Å². The van der Waals surface area contributed by atoms with E-state index in [1.165, 1.54) is 5.69 Å². The van der Waals surface area contributed by atoms with Crippen molar-refractivity contribution in [3.05, 3.63) is 24.0 Å². The van der Waals surface area contributed by atoms with Gasteiger partial charge in [0.05, 0.1) is 0 Å². The lowest BCUT2D eigenvalue weighted by atomic mass is 9.86. The summed E-state index contributed by atoms with van der Waals surface area (Å²) in [7, 11) is 0. The Morgan fingerprint density at radius 1 is 1.67 bits per heavy atom. The van der Waals surface area contributed by atoms with Crippen LogP contribution in [-0.4, -0.2) is 16.3 Å². The maximum Gasteiger partial charge on any atom is 0.0466 e. The van der Waals surface area contributed by atoms with Gasteiger partial charge in [-0.3, -0.25) is 0 Å². The first kappa shape index (κ1) is 7.87. The summed E-state index contributed by atoms with van der Waals surface area (Å²) in [5.74, 6) is 0.978. The molecule has 0 unspecified atom stereocenters. The van der Waals surface area contributed by atoms with E-state index in [-0.39, 0.29) is 0 Å². The third-order valence-corrected chi connectivity index (χ3v) is 3.01. The molecule has 2 heterocycles. The molecule has 0 saturated heterocycles. The molecule has 1 aromatic rings. The third-order valence-electron chi connectivity index (χ3n) is 3.01. The second kappa shape index (κ2) is 2.94. The van der Waals surface area contributed by atoms with Crippen LogP contribution in [0.3, 0.4) is 0 Å². The van der Waals surface area contributed by atoms with Gasteiger partial charge in [-0.15, -0.1) is 0 Å². The molecule has 0 spiro atoms.